The molecule has 0 spiro atoms. The number of rotatable bonds is 5. The quantitative estimate of drug-likeness (QED) is 0.705. The van der Waals surface area contributed by atoms with Gasteiger partial charge in [-0.25, -0.2) is 0 Å². The molecule has 3 N–H and O–H groups in total. The summed E-state index contributed by atoms with van der Waals surface area (Å²) >= 11 is 0. The second-order valence-corrected chi connectivity index (χ2v) is 4.38. The number of hydrogen-bond donors (Lipinski definition) is 2. The topological polar surface area (TPSA) is 55.5 Å². The van der Waals surface area contributed by atoms with Gasteiger partial charge in [0.15, 0.2) is 0 Å². The van der Waals surface area contributed by atoms with Crippen LogP contribution < -0.4 is 5.73 Å². The standard InChI is InChI=1S/C11H23NO2/c1-2-3-5-10(13)11(8-12)6-4-7-14-9-11/h10,13H,2-9,12H2,1H3. The molecule has 0 amide bonds. The Balaban J connectivity index is 2.48. The summed E-state index contributed by atoms with van der Waals surface area (Å²) in [6.45, 7) is 4.13. The first-order valence-corrected chi connectivity index (χ1v) is 5.71. The fourth-order valence-corrected chi connectivity index (χ4v) is 2.14. The van der Waals surface area contributed by atoms with E-state index in [0.717, 1.165) is 38.7 Å². The number of ether oxygens (including phenoxy) is 1. The van der Waals surface area contributed by atoms with Crippen molar-refractivity contribution in [3.05, 3.63) is 0 Å². The van der Waals surface area contributed by atoms with Crippen molar-refractivity contribution in [1.29, 1.82) is 0 Å². The van der Waals surface area contributed by atoms with E-state index in [1.165, 1.54) is 0 Å². The molecule has 1 aliphatic rings. The van der Waals surface area contributed by atoms with Crippen LogP contribution in [0.25, 0.3) is 0 Å². The van der Waals surface area contributed by atoms with Crippen molar-refractivity contribution in [1.82, 2.24) is 0 Å². The summed E-state index contributed by atoms with van der Waals surface area (Å²) in [5.74, 6) is 0. The summed E-state index contributed by atoms with van der Waals surface area (Å²) in [6.07, 6.45) is 4.81. The van der Waals surface area contributed by atoms with Gasteiger partial charge in [0.25, 0.3) is 0 Å². The molecule has 1 saturated heterocycles. The minimum absolute atomic E-state index is 0.159. The van der Waals surface area contributed by atoms with Crippen LogP contribution in [-0.2, 0) is 4.74 Å². The number of aliphatic hydroxyl groups excluding tert-OH is 1. The van der Waals surface area contributed by atoms with Crippen LogP contribution in [0.1, 0.15) is 39.0 Å². The molecule has 0 aromatic rings. The van der Waals surface area contributed by atoms with E-state index >= 15 is 0 Å². The molecular formula is C11H23NO2. The summed E-state index contributed by atoms with van der Waals surface area (Å²) < 4.78 is 5.44. The van der Waals surface area contributed by atoms with Crippen molar-refractivity contribution in [2.75, 3.05) is 19.8 Å². The van der Waals surface area contributed by atoms with Gasteiger partial charge in [-0.1, -0.05) is 19.8 Å². The van der Waals surface area contributed by atoms with Crippen LogP contribution in [0.15, 0.2) is 0 Å². The second kappa shape index (κ2) is 5.69. The van der Waals surface area contributed by atoms with Gasteiger partial charge in [-0.05, 0) is 19.3 Å². The van der Waals surface area contributed by atoms with Crippen LogP contribution in [0, 0.1) is 5.41 Å². The van der Waals surface area contributed by atoms with Gasteiger partial charge in [-0.2, -0.15) is 0 Å². The maximum absolute atomic E-state index is 10.1. The maximum atomic E-state index is 10.1. The summed E-state index contributed by atoms with van der Waals surface area (Å²) in [6, 6.07) is 0. The molecule has 0 bridgehead atoms. The molecule has 1 heterocycles. The normalized spacial score (nSPS) is 30.2. The molecule has 84 valence electrons. The van der Waals surface area contributed by atoms with E-state index < -0.39 is 0 Å². The van der Waals surface area contributed by atoms with Gasteiger partial charge in [0, 0.05) is 18.6 Å². The Morgan fingerprint density at radius 2 is 2.36 bits per heavy atom. The number of unbranched alkanes of at least 4 members (excludes halogenated alkanes) is 1. The SMILES string of the molecule is CCCCC(O)C1(CN)CCCOC1. The Morgan fingerprint density at radius 3 is 2.86 bits per heavy atom. The van der Waals surface area contributed by atoms with Crippen LogP contribution in [0.3, 0.4) is 0 Å². The van der Waals surface area contributed by atoms with E-state index in [0.29, 0.717) is 13.2 Å². The molecule has 3 nitrogen and oxygen atoms in total. The lowest BCUT2D eigenvalue weighted by Gasteiger charge is -2.40. The third-order valence-electron chi connectivity index (χ3n) is 3.30. The lowest BCUT2D eigenvalue weighted by molar-refractivity contribution is -0.0792. The number of aliphatic hydroxyl groups is 1. The lowest BCUT2D eigenvalue weighted by Crippen LogP contribution is -2.47. The third kappa shape index (κ3) is 2.69. The van der Waals surface area contributed by atoms with Gasteiger partial charge in [0.2, 0.25) is 0 Å². The molecule has 0 aromatic carbocycles. The molecule has 3 heteroatoms. The minimum atomic E-state index is -0.284. The number of nitrogens with two attached hydrogens (primary N) is 1. The van der Waals surface area contributed by atoms with Gasteiger partial charge in [0.05, 0.1) is 12.7 Å². The predicted octanol–water partition coefficient (Wildman–Crippen LogP) is 1.29. The van der Waals surface area contributed by atoms with Gasteiger partial charge >= 0.3 is 0 Å². The Morgan fingerprint density at radius 1 is 1.57 bits per heavy atom. The van der Waals surface area contributed by atoms with E-state index in [4.69, 9.17) is 10.5 Å². The van der Waals surface area contributed by atoms with Crippen molar-refractivity contribution < 1.29 is 9.84 Å². The van der Waals surface area contributed by atoms with Gasteiger partial charge in [0.1, 0.15) is 0 Å². The summed E-state index contributed by atoms with van der Waals surface area (Å²) in [5, 5.41) is 10.1. The van der Waals surface area contributed by atoms with E-state index in [1.54, 1.807) is 0 Å². The van der Waals surface area contributed by atoms with Gasteiger partial charge < -0.3 is 15.6 Å². The zero-order chi connectivity index (χ0) is 10.4. The largest absolute Gasteiger partial charge is 0.392 e. The molecule has 14 heavy (non-hydrogen) atoms. The minimum Gasteiger partial charge on any atom is -0.392 e. The molecule has 0 aliphatic carbocycles. The van der Waals surface area contributed by atoms with Crippen LogP contribution >= 0.6 is 0 Å². The molecule has 1 aliphatic heterocycles. The number of hydrogen-bond acceptors (Lipinski definition) is 3. The maximum Gasteiger partial charge on any atom is 0.0630 e. The molecule has 1 rings (SSSR count). The lowest BCUT2D eigenvalue weighted by atomic mass is 9.76. The van der Waals surface area contributed by atoms with Crippen molar-refractivity contribution in [2.45, 2.75) is 45.1 Å². The van der Waals surface area contributed by atoms with Crippen LogP contribution in [-0.4, -0.2) is 31.0 Å². The van der Waals surface area contributed by atoms with Crippen molar-refractivity contribution >= 4 is 0 Å². The first kappa shape index (κ1) is 12.0. The summed E-state index contributed by atoms with van der Waals surface area (Å²) in [4.78, 5) is 0. The molecular weight excluding hydrogens is 178 g/mol. The highest BCUT2D eigenvalue weighted by atomic mass is 16.5. The van der Waals surface area contributed by atoms with Crippen molar-refractivity contribution in [2.24, 2.45) is 11.1 Å². The van der Waals surface area contributed by atoms with Crippen molar-refractivity contribution in [3.63, 3.8) is 0 Å². The fourth-order valence-electron chi connectivity index (χ4n) is 2.14. The van der Waals surface area contributed by atoms with E-state index in [2.05, 4.69) is 6.92 Å². The molecule has 1 fully saturated rings. The highest BCUT2D eigenvalue weighted by Gasteiger charge is 2.38. The van der Waals surface area contributed by atoms with E-state index in [9.17, 15) is 5.11 Å². The zero-order valence-corrected chi connectivity index (χ0v) is 9.17. The predicted molar refractivity (Wildman–Crippen MR) is 57.1 cm³/mol. The Bertz CT molecular complexity index is 155. The highest BCUT2D eigenvalue weighted by Crippen LogP contribution is 2.33. The average Bonchev–Trinajstić information content (AvgIpc) is 2.26. The smallest absolute Gasteiger partial charge is 0.0630 e. The van der Waals surface area contributed by atoms with E-state index in [-0.39, 0.29) is 11.5 Å². The first-order chi connectivity index (χ1) is 6.75. The first-order valence-electron chi connectivity index (χ1n) is 5.71. The van der Waals surface area contributed by atoms with E-state index in [1.807, 2.05) is 0 Å². The second-order valence-electron chi connectivity index (χ2n) is 4.38. The highest BCUT2D eigenvalue weighted by molar-refractivity contribution is 4.89. The molecule has 0 saturated carbocycles. The van der Waals surface area contributed by atoms with Crippen LogP contribution in [0.2, 0.25) is 0 Å². The summed E-state index contributed by atoms with van der Waals surface area (Å²) in [5.41, 5.74) is 5.61. The fraction of sp³-hybridized carbons (Fsp3) is 1.00. The van der Waals surface area contributed by atoms with Gasteiger partial charge in [-0.3, -0.25) is 0 Å². The summed E-state index contributed by atoms with van der Waals surface area (Å²) in [7, 11) is 0. The Kier molecular flexibility index (Phi) is 4.85. The van der Waals surface area contributed by atoms with Crippen LogP contribution in [0.5, 0.6) is 0 Å². The Labute approximate surface area is 86.6 Å². The van der Waals surface area contributed by atoms with Gasteiger partial charge in [-0.15, -0.1) is 0 Å². The van der Waals surface area contributed by atoms with Crippen LogP contribution in [0.4, 0.5) is 0 Å². The monoisotopic (exact) mass is 201 g/mol. The average molecular weight is 201 g/mol. The zero-order valence-electron chi connectivity index (χ0n) is 9.17. The Hall–Kier alpha value is -0.120. The molecule has 0 radical (unpaired) electrons. The molecule has 2 atom stereocenters. The van der Waals surface area contributed by atoms with Crippen molar-refractivity contribution in [3.8, 4) is 0 Å². The molecule has 0 aromatic heterocycles. The molecule has 2 unspecified atom stereocenters. The third-order valence-corrected chi connectivity index (χ3v) is 3.30.